The average molecular weight is 266 g/mol. The Morgan fingerprint density at radius 2 is 2.11 bits per heavy atom. The molecule has 0 atom stereocenters. The number of carboxylic acid groups (broad SMARTS) is 1. The van der Waals surface area contributed by atoms with E-state index in [0.717, 1.165) is 6.42 Å². The number of carboxylic acids is 1. The Bertz CT molecular complexity index is 486. The molecule has 19 heavy (non-hydrogen) atoms. The third-order valence-electron chi connectivity index (χ3n) is 2.82. The summed E-state index contributed by atoms with van der Waals surface area (Å²) >= 11 is 0. The molecule has 0 saturated heterocycles. The molecule has 6 nitrogen and oxygen atoms in total. The predicted octanol–water partition coefficient (Wildman–Crippen LogP) is 2.92. The average Bonchev–Trinajstić information content (AvgIpc) is 2.34. The van der Waals surface area contributed by atoms with Gasteiger partial charge in [0.05, 0.1) is 16.2 Å². The van der Waals surface area contributed by atoms with E-state index in [1.54, 1.807) is 0 Å². The van der Waals surface area contributed by atoms with E-state index in [2.05, 4.69) is 0 Å². The summed E-state index contributed by atoms with van der Waals surface area (Å²) < 4.78 is 0. The summed E-state index contributed by atoms with van der Waals surface area (Å²) in [5.41, 5.74) is 0.396. The van der Waals surface area contributed by atoms with Crippen LogP contribution in [0, 0.1) is 10.1 Å². The van der Waals surface area contributed by atoms with E-state index in [9.17, 15) is 20.0 Å². The molecule has 0 amide bonds. The van der Waals surface area contributed by atoms with Crippen LogP contribution in [0.2, 0.25) is 0 Å². The van der Waals surface area contributed by atoms with Crippen LogP contribution in [0.5, 0.6) is 0 Å². The van der Waals surface area contributed by atoms with E-state index in [-0.39, 0.29) is 17.3 Å². The third kappa shape index (κ3) is 3.43. The Kier molecular flexibility index (Phi) is 4.86. The summed E-state index contributed by atoms with van der Waals surface area (Å²) in [5.74, 6) is -1.08. The summed E-state index contributed by atoms with van der Waals surface area (Å²) in [6.45, 7) is 6.49. The molecule has 0 aromatic heterocycles. The highest BCUT2D eigenvalue weighted by atomic mass is 16.6. The van der Waals surface area contributed by atoms with Gasteiger partial charge < -0.3 is 10.0 Å². The van der Waals surface area contributed by atoms with Crippen molar-refractivity contribution in [2.24, 2.45) is 0 Å². The smallest absolute Gasteiger partial charge is 0.337 e. The van der Waals surface area contributed by atoms with Crippen LogP contribution in [0.1, 0.15) is 37.6 Å². The molecule has 0 aliphatic heterocycles. The lowest BCUT2D eigenvalue weighted by Crippen LogP contribution is -2.32. The van der Waals surface area contributed by atoms with Gasteiger partial charge in [0.1, 0.15) is 0 Å². The molecule has 6 heteroatoms. The standard InChI is InChI=1S/C13H18N2O4/c1-4-7-14(9(2)3)12-8-10(15(18)19)5-6-11(12)13(16)17/h5-6,8-9H,4,7H2,1-3H3,(H,16,17). The summed E-state index contributed by atoms with van der Waals surface area (Å²) in [4.78, 5) is 23.4. The quantitative estimate of drug-likeness (QED) is 0.632. The lowest BCUT2D eigenvalue weighted by atomic mass is 10.1. The first-order valence-electron chi connectivity index (χ1n) is 6.16. The van der Waals surface area contributed by atoms with E-state index in [4.69, 9.17) is 0 Å². The molecule has 1 aromatic rings. The molecule has 0 aliphatic carbocycles. The molecule has 0 fully saturated rings. The first-order valence-corrected chi connectivity index (χ1v) is 6.16. The van der Waals surface area contributed by atoms with Crippen molar-refractivity contribution < 1.29 is 14.8 Å². The zero-order valence-corrected chi connectivity index (χ0v) is 11.3. The fourth-order valence-electron chi connectivity index (χ4n) is 1.95. The number of non-ortho nitro benzene ring substituents is 1. The Labute approximate surface area is 111 Å². The largest absolute Gasteiger partial charge is 0.478 e. The molecule has 0 bridgehead atoms. The zero-order chi connectivity index (χ0) is 14.6. The van der Waals surface area contributed by atoms with Gasteiger partial charge in [0, 0.05) is 24.7 Å². The summed E-state index contributed by atoms with van der Waals surface area (Å²) in [6.07, 6.45) is 0.833. The van der Waals surface area contributed by atoms with Crippen molar-refractivity contribution in [2.75, 3.05) is 11.4 Å². The minimum Gasteiger partial charge on any atom is -0.478 e. The molecule has 0 saturated carbocycles. The van der Waals surface area contributed by atoms with Crippen LogP contribution >= 0.6 is 0 Å². The molecule has 0 spiro atoms. The van der Waals surface area contributed by atoms with E-state index >= 15 is 0 Å². The topological polar surface area (TPSA) is 83.7 Å². The number of carbonyl (C=O) groups is 1. The van der Waals surface area contributed by atoms with Crippen LogP contribution in [0.4, 0.5) is 11.4 Å². The Balaban J connectivity index is 3.37. The van der Waals surface area contributed by atoms with Crippen LogP contribution in [0.25, 0.3) is 0 Å². The van der Waals surface area contributed by atoms with Crippen LogP contribution < -0.4 is 4.90 Å². The van der Waals surface area contributed by atoms with E-state index in [0.29, 0.717) is 12.2 Å². The predicted molar refractivity (Wildman–Crippen MR) is 72.8 cm³/mol. The Hall–Kier alpha value is -2.11. The number of nitro groups is 1. The van der Waals surface area contributed by atoms with Crippen LogP contribution in [-0.2, 0) is 0 Å². The number of nitrogens with zero attached hydrogens (tertiary/aromatic N) is 2. The molecular weight excluding hydrogens is 248 g/mol. The van der Waals surface area contributed by atoms with Gasteiger partial charge in [0.25, 0.3) is 5.69 Å². The summed E-state index contributed by atoms with van der Waals surface area (Å²) in [7, 11) is 0. The number of anilines is 1. The van der Waals surface area contributed by atoms with E-state index < -0.39 is 10.9 Å². The van der Waals surface area contributed by atoms with Crippen molar-refractivity contribution in [2.45, 2.75) is 33.2 Å². The highest BCUT2D eigenvalue weighted by molar-refractivity contribution is 5.95. The van der Waals surface area contributed by atoms with Gasteiger partial charge in [-0.15, -0.1) is 0 Å². The van der Waals surface area contributed by atoms with Crippen molar-refractivity contribution in [3.05, 3.63) is 33.9 Å². The molecule has 1 rings (SSSR count). The molecule has 0 unspecified atom stereocenters. The van der Waals surface area contributed by atoms with Gasteiger partial charge in [-0.25, -0.2) is 4.79 Å². The number of hydrogen-bond acceptors (Lipinski definition) is 4. The summed E-state index contributed by atoms with van der Waals surface area (Å²) in [5, 5.41) is 20.0. The van der Waals surface area contributed by atoms with Crippen molar-refractivity contribution in [1.82, 2.24) is 0 Å². The maximum atomic E-state index is 11.2. The zero-order valence-electron chi connectivity index (χ0n) is 11.3. The lowest BCUT2D eigenvalue weighted by molar-refractivity contribution is -0.384. The molecule has 104 valence electrons. The van der Waals surface area contributed by atoms with Crippen molar-refractivity contribution in [3.8, 4) is 0 Å². The molecule has 0 aliphatic rings. The maximum absolute atomic E-state index is 11.2. The first kappa shape index (κ1) is 14.9. The maximum Gasteiger partial charge on any atom is 0.337 e. The SMILES string of the molecule is CCCN(c1cc([N+](=O)[O-])ccc1C(=O)O)C(C)C. The highest BCUT2D eigenvalue weighted by Crippen LogP contribution is 2.28. The number of aromatic carboxylic acids is 1. The molecule has 0 radical (unpaired) electrons. The number of nitro benzene ring substituents is 1. The van der Waals surface area contributed by atoms with Crippen molar-refractivity contribution >= 4 is 17.3 Å². The van der Waals surface area contributed by atoms with Crippen LogP contribution in [0.3, 0.4) is 0 Å². The lowest BCUT2D eigenvalue weighted by Gasteiger charge is -2.29. The van der Waals surface area contributed by atoms with Gasteiger partial charge in [-0.1, -0.05) is 6.92 Å². The molecule has 0 heterocycles. The minimum absolute atomic E-state index is 0.0695. The van der Waals surface area contributed by atoms with Crippen molar-refractivity contribution in [3.63, 3.8) is 0 Å². The second kappa shape index (κ2) is 6.17. The fraction of sp³-hybridized carbons (Fsp3) is 0.462. The number of rotatable bonds is 6. The number of hydrogen-bond donors (Lipinski definition) is 1. The third-order valence-corrected chi connectivity index (χ3v) is 2.82. The molecule has 1 aromatic carbocycles. The molecule has 1 N–H and O–H groups in total. The van der Waals surface area contributed by atoms with E-state index in [1.807, 2.05) is 25.7 Å². The summed E-state index contributed by atoms with van der Waals surface area (Å²) in [6, 6.07) is 3.91. The van der Waals surface area contributed by atoms with Gasteiger partial charge in [0.15, 0.2) is 0 Å². The van der Waals surface area contributed by atoms with Gasteiger partial charge in [-0.05, 0) is 26.3 Å². The fourth-order valence-corrected chi connectivity index (χ4v) is 1.95. The van der Waals surface area contributed by atoms with Gasteiger partial charge >= 0.3 is 5.97 Å². The van der Waals surface area contributed by atoms with Gasteiger partial charge in [-0.3, -0.25) is 10.1 Å². The normalized spacial score (nSPS) is 10.5. The Morgan fingerprint density at radius 3 is 2.53 bits per heavy atom. The first-order chi connectivity index (χ1) is 8.88. The molecular formula is C13H18N2O4. The second-order valence-electron chi connectivity index (χ2n) is 4.55. The van der Waals surface area contributed by atoms with Gasteiger partial charge in [-0.2, -0.15) is 0 Å². The minimum atomic E-state index is -1.08. The second-order valence-corrected chi connectivity index (χ2v) is 4.55. The van der Waals surface area contributed by atoms with Gasteiger partial charge in [0.2, 0.25) is 0 Å². The Morgan fingerprint density at radius 1 is 1.47 bits per heavy atom. The van der Waals surface area contributed by atoms with E-state index in [1.165, 1.54) is 18.2 Å². The van der Waals surface area contributed by atoms with Crippen LogP contribution in [0.15, 0.2) is 18.2 Å². The van der Waals surface area contributed by atoms with Crippen molar-refractivity contribution in [1.29, 1.82) is 0 Å². The monoisotopic (exact) mass is 266 g/mol. The van der Waals surface area contributed by atoms with Crippen LogP contribution in [-0.4, -0.2) is 28.6 Å². The number of benzene rings is 1. The highest BCUT2D eigenvalue weighted by Gasteiger charge is 2.21.